The van der Waals surface area contributed by atoms with Crippen molar-refractivity contribution in [2.24, 2.45) is 16.8 Å². The lowest BCUT2D eigenvalue weighted by molar-refractivity contribution is 0.308. The molecular formula is C17H28N2S. The summed E-state index contributed by atoms with van der Waals surface area (Å²) in [5.41, 5.74) is 0. The fourth-order valence-electron chi connectivity index (χ4n) is 3.54. The molecule has 0 amide bonds. The first-order valence-corrected chi connectivity index (χ1v) is 9.23. The van der Waals surface area contributed by atoms with Gasteiger partial charge in [0.15, 0.2) is 5.04 Å². The second kappa shape index (κ2) is 8.08. The summed E-state index contributed by atoms with van der Waals surface area (Å²) < 4.78 is 0. The minimum Gasteiger partial charge on any atom is -0.264 e. The highest BCUT2D eigenvalue weighted by Crippen LogP contribution is 2.35. The molecule has 2 nitrogen and oxygen atoms in total. The van der Waals surface area contributed by atoms with Crippen LogP contribution in [0.5, 0.6) is 0 Å². The van der Waals surface area contributed by atoms with Crippen LogP contribution in [0.3, 0.4) is 0 Å². The van der Waals surface area contributed by atoms with Crippen LogP contribution < -0.4 is 0 Å². The summed E-state index contributed by atoms with van der Waals surface area (Å²) in [4.78, 5) is 4.63. The molecule has 0 N–H and O–H groups in total. The maximum absolute atomic E-state index is 9.05. The van der Waals surface area contributed by atoms with Gasteiger partial charge in [-0.1, -0.05) is 70.6 Å². The summed E-state index contributed by atoms with van der Waals surface area (Å²) in [6.07, 6.45) is 11.9. The summed E-state index contributed by atoms with van der Waals surface area (Å²) in [7, 11) is 0. The van der Waals surface area contributed by atoms with E-state index in [1.165, 1.54) is 57.8 Å². The van der Waals surface area contributed by atoms with Crippen LogP contribution in [0.25, 0.3) is 0 Å². The molecule has 0 aromatic carbocycles. The van der Waals surface area contributed by atoms with E-state index < -0.39 is 0 Å². The number of rotatable bonds is 1. The third-order valence-corrected chi connectivity index (χ3v) is 6.17. The first-order valence-electron chi connectivity index (χ1n) is 8.35. The largest absolute Gasteiger partial charge is 0.264 e. The van der Waals surface area contributed by atoms with Crippen LogP contribution in [0.4, 0.5) is 0 Å². The molecule has 3 unspecified atom stereocenters. The lowest BCUT2D eigenvalue weighted by Crippen LogP contribution is -2.18. The zero-order valence-electron chi connectivity index (χ0n) is 13.0. The van der Waals surface area contributed by atoms with Crippen LogP contribution >= 0.6 is 11.8 Å². The van der Waals surface area contributed by atoms with Crippen molar-refractivity contribution in [1.29, 1.82) is 5.26 Å². The molecule has 2 aliphatic rings. The summed E-state index contributed by atoms with van der Waals surface area (Å²) in [5.74, 6) is 1.75. The number of nitriles is 1. The van der Waals surface area contributed by atoms with Gasteiger partial charge in [-0.25, -0.2) is 0 Å². The predicted octanol–water partition coefficient (Wildman–Crippen LogP) is 5.19. The van der Waals surface area contributed by atoms with Crippen LogP contribution in [0, 0.1) is 23.2 Å². The molecule has 3 heteroatoms. The molecule has 0 saturated heterocycles. The standard InChI is InChI=1S/C17H28N2S/c1-13(2)14-8-4-3-5-11-16-15(10-7-6-9-14)19-17(12-18)20-16/h13-16H,3-11H2,1-2H3. The van der Waals surface area contributed by atoms with Crippen LogP contribution in [0.2, 0.25) is 0 Å². The van der Waals surface area contributed by atoms with Crippen molar-refractivity contribution in [2.75, 3.05) is 0 Å². The highest BCUT2D eigenvalue weighted by molar-refractivity contribution is 8.15. The van der Waals surface area contributed by atoms with Crippen molar-refractivity contribution in [3.05, 3.63) is 0 Å². The molecule has 0 bridgehead atoms. The molecule has 0 aromatic rings. The van der Waals surface area contributed by atoms with E-state index in [0.717, 1.165) is 16.9 Å². The van der Waals surface area contributed by atoms with E-state index in [1.54, 1.807) is 11.8 Å². The van der Waals surface area contributed by atoms with Gasteiger partial charge in [-0.15, -0.1) is 0 Å². The van der Waals surface area contributed by atoms with E-state index in [-0.39, 0.29) is 0 Å². The van der Waals surface area contributed by atoms with E-state index in [1.807, 2.05) is 0 Å². The lowest BCUT2D eigenvalue weighted by Gasteiger charge is -2.23. The van der Waals surface area contributed by atoms with Crippen LogP contribution in [0.15, 0.2) is 4.99 Å². The summed E-state index contributed by atoms with van der Waals surface area (Å²) in [6.45, 7) is 4.76. The molecule has 3 atom stereocenters. The molecular weight excluding hydrogens is 264 g/mol. The number of hydrogen-bond acceptors (Lipinski definition) is 3. The molecule has 0 aromatic heterocycles. The third-order valence-electron chi connectivity index (χ3n) is 4.90. The third kappa shape index (κ3) is 4.52. The number of hydrogen-bond donors (Lipinski definition) is 0. The van der Waals surface area contributed by atoms with Crippen molar-refractivity contribution >= 4 is 16.8 Å². The Bertz CT molecular complexity index is 370. The van der Waals surface area contributed by atoms with Crippen molar-refractivity contribution < 1.29 is 0 Å². The van der Waals surface area contributed by atoms with Crippen molar-refractivity contribution in [2.45, 2.75) is 82.9 Å². The lowest BCUT2D eigenvalue weighted by atomic mass is 9.85. The van der Waals surface area contributed by atoms with E-state index in [2.05, 4.69) is 24.9 Å². The van der Waals surface area contributed by atoms with Gasteiger partial charge in [0, 0.05) is 5.25 Å². The van der Waals surface area contributed by atoms with Gasteiger partial charge in [0.1, 0.15) is 6.07 Å². The Morgan fingerprint density at radius 1 is 1.05 bits per heavy atom. The van der Waals surface area contributed by atoms with Gasteiger partial charge >= 0.3 is 0 Å². The smallest absolute Gasteiger partial charge is 0.169 e. The van der Waals surface area contributed by atoms with E-state index in [4.69, 9.17) is 5.26 Å². The van der Waals surface area contributed by atoms with Crippen LogP contribution in [-0.2, 0) is 0 Å². The second-order valence-electron chi connectivity index (χ2n) is 6.70. The highest BCUT2D eigenvalue weighted by Gasteiger charge is 2.29. The van der Waals surface area contributed by atoms with E-state index >= 15 is 0 Å². The molecule has 1 fully saturated rings. The first kappa shape index (κ1) is 15.9. The second-order valence-corrected chi connectivity index (χ2v) is 7.92. The average Bonchev–Trinajstić information content (AvgIpc) is 2.81. The topological polar surface area (TPSA) is 36.1 Å². The van der Waals surface area contributed by atoms with E-state index in [0.29, 0.717) is 11.3 Å². The van der Waals surface area contributed by atoms with Crippen molar-refractivity contribution in [3.63, 3.8) is 0 Å². The molecule has 112 valence electrons. The summed E-state index contributed by atoms with van der Waals surface area (Å²) in [6, 6.07) is 2.67. The molecule has 20 heavy (non-hydrogen) atoms. The monoisotopic (exact) mass is 292 g/mol. The Balaban J connectivity index is 1.90. The minimum absolute atomic E-state index is 0.423. The summed E-state index contributed by atoms with van der Waals surface area (Å²) >= 11 is 1.74. The molecule has 0 radical (unpaired) electrons. The summed E-state index contributed by atoms with van der Waals surface area (Å²) in [5, 5.41) is 10.4. The molecule has 1 heterocycles. The molecule has 2 rings (SSSR count). The van der Waals surface area contributed by atoms with Gasteiger partial charge in [-0.3, -0.25) is 4.99 Å². The Hall–Kier alpha value is -0.490. The van der Waals surface area contributed by atoms with Crippen molar-refractivity contribution in [1.82, 2.24) is 0 Å². The van der Waals surface area contributed by atoms with Crippen molar-refractivity contribution in [3.8, 4) is 6.07 Å². The molecule has 1 aliphatic heterocycles. The maximum atomic E-state index is 9.05. The Morgan fingerprint density at radius 2 is 1.70 bits per heavy atom. The minimum atomic E-state index is 0.423. The molecule has 1 aliphatic carbocycles. The molecule has 0 spiro atoms. The Morgan fingerprint density at radius 3 is 2.40 bits per heavy atom. The first-order chi connectivity index (χ1) is 9.70. The quantitative estimate of drug-likeness (QED) is 0.667. The fourth-order valence-corrected chi connectivity index (χ4v) is 4.72. The van der Waals surface area contributed by atoms with Gasteiger partial charge in [0.2, 0.25) is 0 Å². The van der Waals surface area contributed by atoms with Crippen LogP contribution in [0.1, 0.15) is 71.6 Å². The average molecular weight is 292 g/mol. The van der Waals surface area contributed by atoms with Crippen LogP contribution in [-0.4, -0.2) is 16.3 Å². The fraction of sp³-hybridized carbons (Fsp3) is 0.882. The number of fused-ring (bicyclic) bond motifs is 1. The number of aliphatic imine (C=N–C) groups is 1. The zero-order chi connectivity index (χ0) is 14.4. The predicted molar refractivity (Wildman–Crippen MR) is 88.1 cm³/mol. The number of nitrogens with zero attached hydrogens (tertiary/aromatic N) is 2. The number of thioether (sulfide) groups is 1. The van der Waals surface area contributed by atoms with E-state index in [9.17, 15) is 0 Å². The SMILES string of the molecule is CC(C)C1CCCCCC2SC(C#N)=NC2CCCC1. The van der Waals surface area contributed by atoms with Gasteiger partial charge in [0.05, 0.1) is 6.04 Å². The van der Waals surface area contributed by atoms with Gasteiger partial charge < -0.3 is 0 Å². The highest BCUT2D eigenvalue weighted by atomic mass is 32.2. The Labute approximate surface area is 128 Å². The maximum Gasteiger partial charge on any atom is 0.169 e. The van der Waals surface area contributed by atoms with Gasteiger partial charge in [0.25, 0.3) is 0 Å². The van der Waals surface area contributed by atoms with Gasteiger partial charge in [-0.05, 0) is 24.7 Å². The molecule has 1 saturated carbocycles. The normalized spacial score (nSPS) is 32.7. The Kier molecular flexibility index (Phi) is 6.42. The zero-order valence-corrected chi connectivity index (χ0v) is 13.8. The van der Waals surface area contributed by atoms with Gasteiger partial charge in [-0.2, -0.15) is 5.26 Å².